The molecule has 2 rings (SSSR count). The van der Waals surface area contributed by atoms with Gasteiger partial charge in [-0.25, -0.2) is 4.98 Å². The number of aromatic nitrogens is 2. The summed E-state index contributed by atoms with van der Waals surface area (Å²) in [6.45, 7) is 7.53. The topological polar surface area (TPSA) is 17.8 Å². The largest absolute Gasteiger partial charge is 0.331 e. The van der Waals surface area contributed by atoms with Crippen molar-refractivity contribution in [3.05, 3.63) is 29.6 Å². The normalized spacial score (nSPS) is 11.1. The third-order valence-electron chi connectivity index (χ3n) is 2.70. The maximum Gasteiger partial charge on any atom is 0.0958 e. The Labute approximate surface area is 84.6 Å². The summed E-state index contributed by atoms with van der Waals surface area (Å²) in [5.74, 6) is 0. The number of hydrogen-bond donors (Lipinski definition) is 0. The highest BCUT2D eigenvalue weighted by molar-refractivity contribution is 5.77. The van der Waals surface area contributed by atoms with Crippen LogP contribution >= 0.6 is 0 Å². The number of benzene rings is 1. The van der Waals surface area contributed by atoms with E-state index in [-0.39, 0.29) is 0 Å². The van der Waals surface area contributed by atoms with Crippen LogP contribution in [0.5, 0.6) is 0 Å². The number of rotatable bonds is 2. The smallest absolute Gasteiger partial charge is 0.0958 e. The first-order chi connectivity index (χ1) is 6.72. The molecule has 1 heterocycles. The lowest BCUT2D eigenvalue weighted by Crippen LogP contribution is -1.94. The Morgan fingerprint density at radius 1 is 1.21 bits per heavy atom. The van der Waals surface area contributed by atoms with Crippen molar-refractivity contribution in [3.8, 4) is 0 Å². The van der Waals surface area contributed by atoms with E-state index in [4.69, 9.17) is 0 Å². The second-order valence-corrected chi connectivity index (χ2v) is 3.86. The molecule has 14 heavy (non-hydrogen) atoms. The molecule has 0 N–H and O–H groups in total. The molecular weight excluding hydrogens is 172 g/mol. The summed E-state index contributed by atoms with van der Waals surface area (Å²) in [7, 11) is 0. The first-order valence-corrected chi connectivity index (χ1v) is 5.14. The van der Waals surface area contributed by atoms with Crippen molar-refractivity contribution in [2.45, 2.75) is 33.7 Å². The Balaban J connectivity index is 2.61. The zero-order valence-electron chi connectivity index (χ0n) is 9.04. The summed E-state index contributed by atoms with van der Waals surface area (Å²) in [5, 5.41) is 0. The van der Waals surface area contributed by atoms with Gasteiger partial charge in [0.2, 0.25) is 0 Å². The molecule has 0 aliphatic carbocycles. The molecule has 2 heteroatoms. The molecule has 0 fully saturated rings. The van der Waals surface area contributed by atoms with Crippen LogP contribution in [0, 0.1) is 13.8 Å². The van der Waals surface area contributed by atoms with Crippen molar-refractivity contribution < 1.29 is 0 Å². The second kappa shape index (κ2) is 3.45. The molecule has 0 spiro atoms. The van der Waals surface area contributed by atoms with E-state index in [1.807, 2.05) is 6.33 Å². The van der Waals surface area contributed by atoms with Gasteiger partial charge in [-0.2, -0.15) is 0 Å². The van der Waals surface area contributed by atoms with Crippen molar-refractivity contribution >= 4 is 11.0 Å². The van der Waals surface area contributed by atoms with Gasteiger partial charge in [0, 0.05) is 6.54 Å². The van der Waals surface area contributed by atoms with E-state index >= 15 is 0 Å². The minimum atomic E-state index is 1.05. The van der Waals surface area contributed by atoms with Crippen molar-refractivity contribution in [1.29, 1.82) is 0 Å². The highest BCUT2D eigenvalue weighted by Crippen LogP contribution is 2.18. The van der Waals surface area contributed by atoms with Gasteiger partial charge in [0.15, 0.2) is 0 Å². The van der Waals surface area contributed by atoms with Crippen LogP contribution in [-0.4, -0.2) is 9.55 Å². The second-order valence-electron chi connectivity index (χ2n) is 3.86. The number of nitrogens with zero attached hydrogens (tertiary/aromatic N) is 2. The summed E-state index contributed by atoms with van der Waals surface area (Å²) in [6, 6.07) is 4.39. The molecule has 0 atom stereocenters. The maximum absolute atomic E-state index is 4.40. The molecule has 1 aromatic heterocycles. The Bertz CT molecular complexity index is 455. The molecule has 2 aromatic rings. The number of imidazole rings is 1. The maximum atomic E-state index is 4.40. The summed E-state index contributed by atoms with van der Waals surface area (Å²) < 4.78 is 2.22. The summed E-state index contributed by atoms with van der Waals surface area (Å²) in [6.07, 6.45) is 3.09. The first-order valence-electron chi connectivity index (χ1n) is 5.14. The predicted octanol–water partition coefficient (Wildman–Crippen LogP) is 3.06. The lowest BCUT2D eigenvalue weighted by molar-refractivity contribution is 0.697. The molecule has 1 aromatic carbocycles. The summed E-state index contributed by atoms with van der Waals surface area (Å²) in [4.78, 5) is 4.40. The van der Waals surface area contributed by atoms with Gasteiger partial charge in [-0.05, 0) is 43.5 Å². The van der Waals surface area contributed by atoms with Crippen LogP contribution in [0.3, 0.4) is 0 Å². The molecule has 0 bridgehead atoms. The molecular formula is C12H16N2. The van der Waals surface area contributed by atoms with Crippen LogP contribution < -0.4 is 0 Å². The molecule has 0 radical (unpaired) electrons. The van der Waals surface area contributed by atoms with E-state index in [1.165, 1.54) is 16.6 Å². The van der Waals surface area contributed by atoms with E-state index in [2.05, 4.69) is 42.5 Å². The van der Waals surface area contributed by atoms with E-state index in [1.54, 1.807) is 0 Å². The van der Waals surface area contributed by atoms with Crippen LogP contribution in [0.15, 0.2) is 18.5 Å². The van der Waals surface area contributed by atoms with Gasteiger partial charge >= 0.3 is 0 Å². The van der Waals surface area contributed by atoms with Crippen LogP contribution in [0.1, 0.15) is 24.5 Å². The Morgan fingerprint density at radius 3 is 2.64 bits per heavy atom. The van der Waals surface area contributed by atoms with Crippen LogP contribution in [0.25, 0.3) is 11.0 Å². The van der Waals surface area contributed by atoms with Crippen LogP contribution in [0.2, 0.25) is 0 Å². The predicted molar refractivity (Wildman–Crippen MR) is 59.5 cm³/mol. The van der Waals surface area contributed by atoms with Gasteiger partial charge in [-0.15, -0.1) is 0 Å². The Morgan fingerprint density at radius 2 is 1.93 bits per heavy atom. The van der Waals surface area contributed by atoms with Crippen molar-refractivity contribution in [1.82, 2.24) is 9.55 Å². The van der Waals surface area contributed by atoms with Crippen LogP contribution in [-0.2, 0) is 6.54 Å². The average Bonchev–Trinajstić information content (AvgIpc) is 2.51. The molecule has 0 aliphatic heterocycles. The van der Waals surface area contributed by atoms with Gasteiger partial charge < -0.3 is 4.57 Å². The number of aryl methyl sites for hydroxylation is 3. The molecule has 0 saturated heterocycles. The Kier molecular flexibility index (Phi) is 2.28. The number of hydrogen-bond acceptors (Lipinski definition) is 1. The molecule has 2 nitrogen and oxygen atoms in total. The van der Waals surface area contributed by atoms with Gasteiger partial charge in [0.25, 0.3) is 0 Å². The third-order valence-corrected chi connectivity index (χ3v) is 2.70. The SMILES string of the molecule is CCCn1cnc2cc(C)c(C)cc21. The minimum Gasteiger partial charge on any atom is -0.331 e. The zero-order chi connectivity index (χ0) is 10.1. The summed E-state index contributed by atoms with van der Waals surface area (Å²) >= 11 is 0. The lowest BCUT2D eigenvalue weighted by atomic mass is 10.1. The van der Waals surface area contributed by atoms with E-state index < -0.39 is 0 Å². The molecule has 0 aliphatic rings. The molecule has 0 amide bonds. The van der Waals surface area contributed by atoms with E-state index in [0.717, 1.165) is 18.5 Å². The van der Waals surface area contributed by atoms with Crippen LogP contribution in [0.4, 0.5) is 0 Å². The molecule has 74 valence electrons. The molecule has 0 unspecified atom stereocenters. The highest BCUT2D eigenvalue weighted by atomic mass is 15.0. The quantitative estimate of drug-likeness (QED) is 0.708. The fourth-order valence-electron chi connectivity index (χ4n) is 1.73. The number of fused-ring (bicyclic) bond motifs is 1. The van der Waals surface area contributed by atoms with Gasteiger partial charge in [-0.1, -0.05) is 6.92 Å². The average molecular weight is 188 g/mol. The fourth-order valence-corrected chi connectivity index (χ4v) is 1.73. The zero-order valence-corrected chi connectivity index (χ0v) is 9.04. The Hall–Kier alpha value is -1.31. The van der Waals surface area contributed by atoms with Gasteiger partial charge in [-0.3, -0.25) is 0 Å². The highest BCUT2D eigenvalue weighted by Gasteiger charge is 2.03. The van der Waals surface area contributed by atoms with E-state index in [0.29, 0.717) is 0 Å². The monoisotopic (exact) mass is 188 g/mol. The standard InChI is InChI=1S/C12H16N2/c1-4-5-14-8-13-11-6-9(2)10(3)7-12(11)14/h6-8H,4-5H2,1-3H3. The van der Waals surface area contributed by atoms with Gasteiger partial charge in [0.1, 0.15) is 0 Å². The van der Waals surface area contributed by atoms with Gasteiger partial charge in [0.05, 0.1) is 17.4 Å². The minimum absolute atomic E-state index is 1.05. The van der Waals surface area contributed by atoms with Crippen molar-refractivity contribution in [2.24, 2.45) is 0 Å². The third kappa shape index (κ3) is 1.41. The first kappa shape index (κ1) is 9.25. The van der Waals surface area contributed by atoms with Crippen molar-refractivity contribution in [2.75, 3.05) is 0 Å². The summed E-state index contributed by atoms with van der Waals surface area (Å²) in [5.41, 5.74) is 5.03. The van der Waals surface area contributed by atoms with E-state index in [9.17, 15) is 0 Å². The van der Waals surface area contributed by atoms with Crippen molar-refractivity contribution in [3.63, 3.8) is 0 Å². The fraction of sp³-hybridized carbons (Fsp3) is 0.417. The molecule has 0 saturated carbocycles. The lowest BCUT2D eigenvalue weighted by Gasteiger charge is -2.03.